The number of benzene rings is 2. The quantitative estimate of drug-likeness (QED) is 0.400. The minimum absolute atomic E-state index is 0.140. The van der Waals surface area contributed by atoms with Crippen LogP contribution in [0.1, 0.15) is 17.2 Å². The van der Waals surface area contributed by atoms with Gasteiger partial charge in [-0.2, -0.15) is 18.3 Å². The van der Waals surface area contributed by atoms with Crippen molar-refractivity contribution in [3.05, 3.63) is 71.4 Å². The third kappa shape index (κ3) is 6.48. The minimum atomic E-state index is -4.50. The van der Waals surface area contributed by atoms with E-state index in [4.69, 9.17) is 4.74 Å². The van der Waals surface area contributed by atoms with Crippen LogP contribution in [0.2, 0.25) is 0 Å². The molecule has 0 aliphatic carbocycles. The van der Waals surface area contributed by atoms with Gasteiger partial charge < -0.3 is 15.4 Å². The Morgan fingerprint density at radius 3 is 2.50 bits per heavy atom. The van der Waals surface area contributed by atoms with Crippen LogP contribution in [0, 0.1) is 18.6 Å². The first-order valence-corrected chi connectivity index (χ1v) is 12.0. The van der Waals surface area contributed by atoms with Gasteiger partial charge in [0.1, 0.15) is 12.2 Å². The molecular formula is C26H28F5N5O2. The number of carbonyl (C=O) groups is 1. The summed E-state index contributed by atoms with van der Waals surface area (Å²) < 4.78 is 72.9. The molecule has 3 aromatic rings. The van der Waals surface area contributed by atoms with Gasteiger partial charge in [-0.15, -0.1) is 0 Å². The Morgan fingerprint density at radius 2 is 1.84 bits per heavy atom. The lowest BCUT2D eigenvalue weighted by atomic mass is 9.94. The van der Waals surface area contributed by atoms with Crippen LogP contribution in [0.15, 0.2) is 48.5 Å². The molecule has 2 unspecified atom stereocenters. The van der Waals surface area contributed by atoms with Gasteiger partial charge in [0, 0.05) is 38.2 Å². The number of hydrogen-bond donors (Lipinski definition) is 2. The molecule has 204 valence electrons. The summed E-state index contributed by atoms with van der Waals surface area (Å²) in [7, 11) is 1.57. The zero-order valence-electron chi connectivity index (χ0n) is 20.9. The molecule has 0 radical (unpaired) electrons. The molecule has 2 heterocycles. The lowest BCUT2D eigenvalue weighted by Gasteiger charge is -2.21. The molecule has 0 spiro atoms. The average molecular weight is 538 g/mol. The van der Waals surface area contributed by atoms with Gasteiger partial charge in [-0.3, -0.25) is 9.58 Å². The van der Waals surface area contributed by atoms with Crippen LogP contribution in [0.3, 0.4) is 0 Å². The molecule has 12 heteroatoms. The van der Waals surface area contributed by atoms with Gasteiger partial charge in [-0.25, -0.2) is 13.6 Å². The number of amides is 2. The molecule has 2 atom stereocenters. The third-order valence-corrected chi connectivity index (χ3v) is 6.52. The van der Waals surface area contributed by atoms with Crippen LogP contribution in [0.4, 0.5) is 32.4 Å². The molecule has 1 aliphatic rings. The Bertz CT molecular complexity index is 1260. The molecular weight excluding hydrogens is 509 g/mol. The molecule has 1 saturated heterocycles. The van der Waals surface area contributed by atoms with Crippen LogP contribution >= 0.6 is 0 Å². The van der Waals surface area contributed by atoms with E-state index in [0.717, 1.165) is 16.8 Å². The van der Waals surface area contributed by atoms with Crippen LogP contribution in [0.25, 0.3) is 11.3 Å². The van der Waals surface area contributed by atoms with Gasteiger partial charge in [-0.1, -0.05) is 36.4 Å². The van der Waals surface area contributed by atoms with Crippen molar-refractivity contribution in [2.24, 2.45) is 0 Å². The number of ether oxygens (including phenoxy) is 1. The van der Waals surface area contributed by atoms with Crippen molar-refractivity contribution in [1.29, 1.82) is 0 Å². The lowest BCUT2D eigenvalue weighted by molar-refractivity contribution is -0.142. The van der Waals surface area contributed by atoms with E-state index >= 15 is 0 Å². The molecule has 2 N–H and O–H groups in total. The first-order valence-electron chi connectivity index (χ1n) is 12.0. The lowest BCUT2D eigenvalue weighted by Crippen LogP contribution is -2.42. The maximum atomic E-state index is 14.0. The summed E-state index contributed by atoms with van der Waals surface area (Å²) in [6, 6.07) is 11.1. The Morgan fingerprint density at radius 1 is 1.11 bits per heavy atom. The molecule has 1 aliphatic heterocycles. The van der Waals surface area contributed by atoms with Crippen LogP contribution in [0.5, 0.6) is 0 Å². The maximum absolute atomic E-state index is 14.0. The van der Waals surface area contributed by atoms with Crippen molar-refractivity contribution < 1.29 is 31.5 Å². The number of alkyl halides is 3. The van der Waals surface area contributed by atoms with E-state index in [-0.39, 0.29) is 23.0 Å². The number of nitrogens with zero attached hydrogens (tertiary/aromatic N) is 3. The van der Waals surface area contributed by atoms with Crippen molar-refractivity contribution in [2.75, 3.05) is 38.7 Å². The Hall–Kier alpha value is -3.51. The Balaban J connectivity index is 1.59. The monoisotopic (exact) mass is 537 g/mol. The minimum Gasteiger partial charge on any atom is -0.383 e. The second kappa shape index (κ2) is 11.5. The van der Waals surface area contributed by atoms with E-state index in [1.54, 1.807) is 37.4 Å². The number of halogens is 5. The average Bonchev–Trinajstić information content (AvgIpc) is 3.40. The fourth-order valence-electron chi connectivity index (χ4n) is 4.65. The number of rotatable bonds is 8. The first-order chi connectivity index (χ1) is 18.1. The van der Waals surface area contributed by atoms with E-state index < -0.39 is 36.4 Å². The number of aromatic nitrogens is 2. The predicted octanol–water partition coefficient (Wildman–Crippen LogP) is 4.93. The second-order valence-corrected chi connectivity index (χ2v) is 9.19. The predicted molar refractivity (Wildman–Crippen MR) is 132 cm³/mol. The standard InChI is InChI=1S/C26H28F5N5O2/c1-16-23(24(17-6-4-3-5-7-17)34-36(16)15-26(29,30)31)33-25(37)32-22-14-35(10-11-38-2)13-19(22)18-8-9-20(27)21(28)12-18/h3-9,12,19,22H,10-11,13-15H2,1-2H3,(H2,32,33,37). The smallest absolute Gasteiger partial charge is 0.383 e. The van der Waals surface area contributed by atoms with Crippen molar-refractivity contribution in [3.8, 4) is 11.3 Å². The van der Waals surface area contributed by atoms with Crippen molar-refractivity contribution in [2.45, 2.75) is 31.6 Å². The van der Waals surface area contributed by atoms with Gasteiger partial charge in [-0.05, 0) is 24.6 Å². The number of anilines is 1. The van der Waals surface area contributed by atoms with Gasteiger partial charge in [0.15, 0.2) is 11.6 Å². The van der Waals surface area contributed by atoms with E-state index in [9.17, 15) is 26.7 Å². The number of carbonyl (C=O) groups excluding carboxylic acids is 1. The van der Waals surface area contributed by atoms with Crippen molar-refractivity contribution in [1.82, 2.24) is 20.0 Å². The fourth-order valence-corrected chi connectivity index (χ4v) is 4.65. The van der Waals surface area contributed by atoms with E-state index in [0.29, 0.717) is 37.4 Å². The summed E-state index contributed by atoms with van der Waals surface area (Å²) in [5.41, 5.74) is 1.55. The highest BCUT2D eigenvalue weighted by Crippen LogP contribution is 2.33. The number of methoxy groups -OCH3 is 1. The second-order valence-electron chi connectivity index (χ2n) is 9.19. The Labute approximate surface area is 216 Å². The van der Waals surface area contributed by atoms with E-state index in [2.05, 4.69) is 15.7 Å². The summed E-state index contributed by atoms with van der Waals surface area (Å²) in [4.78, 5) is 15.2. The first kappa shape index (κ1) is 27.5. The normalized spacial score (nSPS) is 18.1. The number of hydrogen-bond acceptors (Lipinski definition) is 4. The van der Waals surface area contributed by atoms with E-state index in [1.807, 2.05) is 4.90 Å². The molecule has 7 nitrogen and oxygen atoms in total. The van der Waals surface area contributed by atoms with Gasteiger partial charge in [0.2, 0.25) is 0 Å². The highest BCUT2D eigenvalue weighted by molar-refractivity contribution is 5.94. The molecule has 4 rings (SSSR count). The topological polar surface area (TPSA) is 71.4 Å². The third-order valence-electron chi connectivity index (χ3n) is 6.52. The zero-order valence-corrected chi connectivity index (χ0v) is 20.9. The summed E-state index contributed by atoms with van der Waals surface area (Å²) in [6.07, 6.45) is -4.50. The molecule has 2 aromatic carbocycles. The summed E-state index contributed by atoms with van der Waals surface area (Å²) in [5, 5.41) is 9.69. The largest absolute Gasteiger partial charge is 0.408 e. The molecule has 2 amide bonds. The van der Waals surface area contributed by atoms with Gasteiger partial charge >= 0.3 is 12.2 Å². The number of likely N-dealkylation sites (tertiary alicyclic amines) is 1. The van der Waals surface area contributed by atoms with Crippen LogP contribution in [-0.2, 0) is 11.3 Å². The van der Waals surface area contributed by atoms with Gasteiger partial charge in [0.05, 0.1) is 24.0 Å². The SMILES string of the molecule is COCCN1CC(NC(=O)Nc2c(-c3ccccc3)nn(CC(F)(F)F)c2C)C(c2ccc(F)c(F)c2)C1. The highest BCUT2D eigenvalue weighted by atomic mass is 19.4. The van der Waals surface area contributed by atoms with Crippen LogP contribution in [-0.4, -0.2) is 66.3 Å². The van der Waals surface area contributed by atoms with Crippen LogP contribution < -0.4 is 10.6 Å². The summed E-state index contributed by atoms with van der Waals surface area (Å²) in [6.45, 7) is 2.04. The summed E-state index contributed by atoms with van der Waals surface area (Å²) in [5.74, 6) is -2.30. The number of urea groups is 1. The zero-order chi connectivity index (χ0) is 27.4. The fraction of sp³-hybridized carbons (Fsp3) is 0.385. The molecule has 1 aromatic heterocycles. The van der Waals surface area contributed by atoms with Crippen molar-refractivity contribution >= 4 is 11.7 Å². The highest BCUT2D eigenvalue weighted by Gasteiger charge is 2.36. The molecule has 1 fully saturated rings. The summed E-state index contributed by atoms with van der Waals surface area (Å²) >= 11 is 0. The van der Waals surface area contributed by atoms with Gasteiger partial charge in [0.25, 0.3) is 0 Å². The molecule has 0 saturated carbocycles. The Kier molecular flexibility index (Phi) is 8.32. The molecule has 38 heavy (non-hydrogen) atoms. The number of nitrogens with one attached hydrogen (secondary N) is 2. The van der Waals surface area contributed by atoms with E-state index in [1.165, 1.54) is 13.0 Å². The molecule has 0 bridgehead atoms. The maximum Gasteiger partial charge on any atom is 0.408 e. The van der Waals surface area contributed by atoms with Crippen molar-refractivity contribution in [3.63, 3.8) is 0 Å².